The lowest BCUT2D eigenvalue weighted by Gasteiger charge is -2.03. The molecule has 0 fully saturated rings. The molecule has 1 rings (SSSR count). The third-order valence-electron chi connectivity index (χ3n) is 1.39. The average Bonchev–Trinajstić information content (AvgIpc) is 2.49. The number of rotatable bonds is 1. The maximum atomic E-state index is 12.2. The summed E-state index contributed by atoms with van der Waals surface area (Å²) in [5.74, 6) is 0. The van der Waals surface area contributed by atoms with Gasteiger partial charge in [-0.15, -0.1) is 11.3 Å². The van der Waals surface area contributed by atoms with Crippen LogP contribution in [0.4, 0.5) is 13.2 Å². The number of hydrogen-bond donors (Lipinski definition) is 0. The van der Waals surface area contributed by atoms with Crippen LogP contribution < -0.4 is 0 Å². The summed E-state index contributed by atoms with van der Waals surface area (Å²) in [5.41, 5.74) is -0.715. The fourth-order valence-corrected chi connectivity index (χ4v) is 1.83. The Morgan fingerprint density at radius 2 is 1.79 bits per heavy atom. The lowest BCUT2D eigenvalue weighted by atomic mass is 10.3. The van der Waals surface area contributed by atoms with Crippen LogP contribution in [0, 0.1) is 6.92 Å². The van der Waals surface area contributed by atoms with Gasteiger partial charge in [0.1, 0.15) is 0 Å². The van der Waals surface area contributed by atoms with Crippen LogP contribution in [0.5, 0.6) is 0 Å². The highest BCUT2D eigenvalue weighted by molar-refractivity contribution is 7.11. The van der Waals surface area contributed by atoms with Crippen LogP contribution in [0.2, 0.25) is 0 Å². The molecule has 0 bridgehead atoms. The molecule has 0 radical (unpaired) electrons. The van der Waals surface area contributed by atoms with Gasteiger partial charge in [-0.2, -0.15) is 13.2 Å². The molecule has 0 atom stereocenters. The van der Waals surface area contributed by atoms with Gasteiger partial charge in [-0.1, -0.05) is 20.8 Å². The normalized spacial score (nSPS) is 10.8. The van der Waals surface area contributed by atoms with Gasteiger partial charge in [0.15, 0.2) is 5.69 Å². The van der Waals surface area contributed by atoms with Crippen LogP contribution in [0.1, 0.15) is 36.3 Å². The maximum Gasteiger partial charge on any atom is 0.434 e. The number of thiazole rings is 1. The van der Waals surface area contributed by atoms with Gasteiger partial charge in [-0.3, -0.25) is 0 Å². The smallest absolute Gasteiger partial charge is 0.237 e. The van der Waals surface area contributed by atoms with E-state index >= 15 is 0 Å². The van der Waals surface area contributed by atoms with Crippen molar-refractivity contribution in [2.75, 3.05) is 0 Å². The monoisotopic (exact) mass is 225 g/mol. The van der Waals surface area contributed by atoms with Crippen molar-refractivity contribution in [3.63, 3.8) is 0 Å². The minimum absolute atomic E-state index is 0.319. The molecule has 0 saturated carbocycles. The first kappa shape index (κ1) is 13.4. The number of aromatic nitrogens is 1. The van der Waals surface area contributed by atoms with Crippen molar-refractivity contribution in [1.82, 2.24) is 4.98 Å². The predicted molar refractivity (Wildman–Crippen MR) is 52.6 cm³/mol. The summed E-state index contributed by atoms with van der Waals surface area (Å²) in [6, 6.07) is 0. The van der Waals surface area contributed by atoms with Gasteiger partial charge in [-0.05, 0) is 13.3 Å². The zero-order valence-electron chi connectivity index (χ0n) is 8.70. The molecule has 1 aromatic heterocycles. The van der Waals surface area contributed by atoms with E-state index in [1.807, 2.05) is 13.8 Å². The van der Waals surface area contributed by atoms with Gasteiger partial charge in [0, 0.05) is 4.88 Å². The molecule has 0 amide bonds. The summed E-state index contributed by atoms with van der Waals surface area (Å²) in [6.45, 7) is 7.28. The number of halogens is 3. The number of aryl methyl sites for hydroxylation is 2. The first-order valence-corrected chi connectivity index (χ1v) is 5.30. The Labute approximate surface area is 86.0 Å². The van der Waals surface area contributed by atoms with E-state index < -0.39 is 11.9 Å². The highest BCUT2D eigenvalue weighted by Crippen LogP contribution is 2.34. The van der Waals surface area contributed by atoms with Gasteiger partial charge >= 0.3 is 6.18 Å². The van der Waals surface area contributed by atoms with E-state index in [1.54, 1.807) is 13.8 Å². The van der Waals surface area contributed by atoms with Crippen LogP contribution in [-0.2, 0) is 12.6 Å². The van der Waals surface area contributed by atoms with Crippen molar-refractivity contribution < 1.29 is 13.2 Å². The maximum absolute atomic E-state index is 12.2. The van der Waals surface area contributed by atoms with Gasteiger partial charge in [0.2, 0.25) is 0 Å². The first-order valence-electron chi connectivity index (χ1n) is 4.48. The zero-order valence-corrected chi connectivity index (χ0v) is 9.51. The summed E-state index contributed by atoms with van der Waals surface area (Å²) in [5, 5.41) is 0.471. The molecule has 0 saturated heterocycles. The van der Waals surface area contributed by atoms with Gasteiger partial charge in [-0.25, -0.2) is 4.98 Å². The van der Waals surface area contributed by atoms with Crippen molar-refractivity contribution in [3.8, 4) is 0 Å². The second-order valence-corrected chi connectivity index (χ2v) is 3.64. The SMILES string of the molecule is CC.CCc1sc(C)nc1C(F)(F)F. The Morgan fingerprint density at radius 1 is 1.29 bits per heavy atom. The average molecular weight is 225 g/mol. The molecule has 0 aromatic carbocycles. The van der Waals surface area contributed by atoms with E-state index in [0.29, 0.717) is 16.3 Å². The summed E-state index contributed by atoms with van der Waals surface area (Å²) >= 11 is 1.11. The predicted octanol–water partition coefficient (Wildman–Crippen LogP) is 4.06. The molecule has 82 valence electrons. The summed E-state index contributed by atoms with van der Waals surface area (Å²) in [6.07, 6.45) is -3.91. The Morgan fingerprint density at radius 3 is 2.07 bits per heavy atom. The number of hydrogen-bond acceptors (Lipinski definition) is 2. The van der Waals surface area contributed by atoms with Gasteiger partial charge < -0.3 is 0 Å². The van der Waals surface area contributed by atoms with Crippen molar-refractivity contribution in [1.29, 1.82) is 0 Å². The topological polar surface area (TPSA) is 12.9 Å². The molecule has 0 aliphatic heterocycles. The van der Waals surface area contributed by atoms with Crippen LogP contribution in [-0.4, -0.2) is 4.98 Å². The number of nitrogens with zero attached hydrogens (tertiary/aromatic N) is 1. The van der Waals surface area contributed by atoms with Crippen LogP contribution in [0.15, 0.2) is 0 Å². The van der Waals surface area contributed by atoms with E-state index in [0.717, 1.165) is 11.3 Å². The molecule has 1 heterocycles. The molecular formula is C9H14F3NS. The largest absolute Gasteiger partial charge is 0.434 e. The fraction of sp³-hybridized carbons (Fsp3) is 0.667. The van der Waals surface area contributed by atoms with Crippen molar-refractivity contribution >= 4 is 11.3 Å². The Bertz CT molecular complexity index is 278. The highest BCUT2D eigenvalue weighted by Gasteiger charge is 2.36. The first-order chi connectivity index (χ1) is 6.45. The van der Waals surface area contributed by atoms with Crippen LogP contribution >= 0.6 is 11.3 Å². The molecular weight excluding hydrogens is 211 g/mol. The van der Waals surface area contributed by atoms with E-state index in [4.69, 9.17) is 0 Å². The van der Waals surface area contributed by atoms with E-state index in [1.165, 1.54) is 0 Å². The standard InChI is InChI=1S/C7H8F3NS.C2H6/c1-3-5-6(7(8,9)10)11-4(2)12-5;1-2/h3H2,1-2H3;1-2H3. The molecule has 1 nitrogen and oxygen atoms in total. The van der Waals surface area contributed by atoms with Crippen molar-refractivity contribution in [2.45, 2.75) is 40.3 Å². The number of alkyl halides is 3. The lowest BCUT2D eigenvalue weighted by molar-refractivity contribution is -0.141. The second kappa shape index (κ2) is 5.34. The van der Waals surface area contributed by atoms with Crippen molar-refractivity contribution in [3.05, 3.63) is 15.6 Å². The fourth-order valence-electron chi connectivity index (χ4n) is 0.930. The molecule has 0 N–H and O–H groups in total. The quantitative estimate of drug-likeness (QED) is 0.702. The third-order valence-corrected chi connectivity index (χ3v) is 2.51. The van der Waals surface area contributed by atoms with Crippen LogP contribution in [0.3, 0.4) is 0 Å². The van der Waals surface area contributed by atoms with Gasteiger partial charge in [0.25, 0.3) is 0 Å². The molecule has 1 aromatic rings. The highest BCUT2D eigenvalue weighted by atomic mass is 32.1. The lowest BCUT2D eigenvalue weighted by Crippen LogP contribution is -2.08. The van der Waals surface area contributed by atoms with E-state index in [-0.39, 0.29) is 0 Å². The Hall–Kier alpha value is -0.580. The second-order valence-electron chi connectivity index (χ2n) is 2.36. The molecule has 0 aliphatic rings. The molecule has 0 spiro atoms. The van der Waals surface area contributed by atoms with E-state index in [9.17, 15) is 13.2 Å². The van der Waals surface area contributed by atoms with Gasteiger partial charge in [0.05, 0.1) is 5.01 Å². The molecule has 14 heavy (non-hydrogen) atoms. The summed E-state index contributed by atoms with van der Waals surface area (Å²) in [7, 11) is 0. The van der Waals surface area contributed by atoms with Crippen LogP contribution in [0.25, 0.3) is 0 Å². The molecule has 5 heteroatoms. The Kier molecular flexibility index (Phi) is 5.12. The van der Waals surface area contributed by atoms with E-state index in [2.05, 4.69) is 4.98 Å². The molecule has 0 aliphatic carbocycles. The summed E-state index contributed by atoms with van der Waals surface area (Å²) < 4.78 is 36.6. The zero-order chi connectivity index (χ0) is 11.4. The minimum Gasteiger partial charge on any atom is -0.237 e. The molecule has 0 unspecified atom stereocenters. The third kappa shape index (κ3) is 3.29. The Balaban J connectivity index is 0.000000791. The minimum atomic E-state index is -4.30. The van der Waals surface area contributed by atoms with Crippen molar-refractivity contribution in [2.24, 2.45) is 0 Å². The summed E-state index contributed by atoms with van der Waals surface area (Å²) in [4.78, 5) is 3.77.